The molecule has 10 heteroatoms. The minimum absolute atomic E-state index is 0.190. The number of ether oxygens (including phenoxy) is 1. The maximum absolute atomic E-state index is 12.1. The van der Waals surface area contributed by atoms with Gasteiger partial charge in [0.1, 0.15) is 23.0 Å². The van der Waals surface area contributed by atoms with Crippen LogP contribution in [0.25, 0.3) is 11.2 Å². The summed E-state index contributed by atoms with van der Waals surface area (Å²) >= 11 is 5.03. The number of aliphatic hydroxyl groups is 2. The van der Waals surface area contributed by atoms with Gasteiger partial charge in [-0.05, 0) is 0 Å². The molecular weight excluding hydrogens is 274 g/mol. The fraction of sp³-hybridized carbons (Fsp3) is 0.556. The summed E-state index contributed by atoms with van der Waals surface area (Å²) in [6.45, 7) is 0.198. The molecule has 2 aliphatic heterocycles. The van der Waals surface area contributed by atoms with Gasteiger partial charge in [0.05, 0.1) is 6.54 Å². The van der Waals surface area contributed by atoms with E-state index in [0.717, 1.165) is 0 Å². The van der Waals surface area contributed by atoms with Crippen LogP contribution in [0.4, 0.5) is 0 Å². The van der Waals surface area contributed by atoms with E-state index in [9.17, 15) is 15.0 Å². The van der Waals surface area contributed by atoms with Gasteiger partial charge in [0, 0.05) is 0 Å². The van der Waals surface area contributed by atoms with Crippen LogP contribution >= 0.6 is 12.2 Å². The quantitative estimate of drug-likeness (QED) is 0.492. The van der Waals surface area contributed by atoms with Gasteiger partial charge >= 0.3 is 5.69 Å². The van der Waals surface area contributed by atoms with Crippen LogP contribution < -0.4 is 5.69 Å². The molecule has 9 nitrogen and oxygen atoms in total. The normalized spacial score (nSPS) is 32.7. The highest BCUT2D eigenvalue weighted by molar-refractivity contribution is 7.71. The van der Waals surface area contributed by atoms with E-state index in [2.05, 4.69) is 15.3 Å². The maximum atomic E-state index is 12.1. The van der Waals surface area contributed by atoms with Crippen molar-refractivity contribution in [2.45, 2.75) is 31.1 Å². The molecule has 0 radical (unpaired) electrons. The lowest BCUT2D eigenvalue weighted by Crippen LogP contribution is -2.39. The Morgan fingerprint density at radius 1 is 1.42 bits per heavy atom. The van der Waals surface area contributed by atoms with Crippen molar-refractivity contribution in [2.24, 2.45) is 0 Å². The van der Waals surface area contributed by atoms with Crippen LogP contribution in [0.2, 0.25) is 0 Å². The second-order valence-corrected chi connectivity index (χ2v) is 5.03. The summed E-state index contributed by atoms with van der Waals surface area (Å²) in [6, 6.07) is 0. The first kappa shape index (κ1) is 11.2. The topological polar surface area (TPSA) is 118 Å². The molecule has 2 aliphatic rings. The third-order valence-corrected chi connectivity index (χ3v) is 3.83. The van der Waals surface area contributed by atoms with Crippen molar-refractivity contribution in [3.8, 4) is 0 Å². The van der Waals surface area contributed by atoms with E-state index in [1.807, 2.05) is 0 Å². The van der Waals surface area contributed by atoms with Crippen molar-refractivity contribution in [1.29, 1.82) is 0 Å². The molecule has 0 spiro atoms. The number of fused-ring (bicyclic) bond motifs is 3. The smallest absolute Gasteiger partial charge is 0.330 e. The molecular formula is C9H9N5O4S. The molecule has 0 saturated carbocycles. The van der Waals surface area contributed by atoms with Crippen LogP contribution in [-0.2, 0) is 11.3 Å². The number of rotatable bonds is 0. The Morgan fingerprint density at radius 3 is 3.00 bits per heavy atom. The number of aromatic amines is 1. The Bertz CT molecular complexity index is 794. The molecule has 1 fully saturated rings. The number of hydrogen-bond acceptors (Lipinski definition) is 7. The fourth-order valence-corrected chi connectivity index (χ4v) is 2.85. The average molecular weight is 283 g/mol. The number of aromatic nitrogens is 5. The molecule has 2 aromatic rings. The van der Waals surface area contributed by atoms with Crippen LogP contribution in [0.3, 0.4) is 0 Å². The first-order chi connectivity index (χ1) is 9.08. The van der Waals surface area contributed by atoms with E-state index in [4.69, 9.17) is 17.0 Å². The second kappa shape index (κ2) is 3.48. The van der Waals surface area contributed by atoms with E-state index in [0.29, 0.717) is 11.2 Å². The number of H-pyrrole nitrogens is 1. The second-order valence-electron chi connectivity index (χ2n) is 4.62. The summed E-state index contributed by atoms with van der Waals surface area (Å²) in [4.78, 5) is 14.5. The predicted octanol–water partition coefficient (Wildman–Crippen LogP) is -1.72. The first-order valence-electron chi connectivity index (χ1n) is 5.67. The first-order valence-corrected chi connectivity index (χ1v) is 6.08. The molecule has 0 amide bonds. The molecule has 19 heavy (non-hydrogen) atoms. The van der Waals surface area contributed by atoms with Crippen molar-refractivity contribution < 1.29 is 14.9 Å². The lowest BCUT2D eigenvalue weighted by molar-refractivity contribution is -0.0357. The van der Waals surface area contributed by atoms with Crippen molar-refractivity contribution >= 4 is 23.4 Å². The Balaban J connectivity index is 2.14. The number of hydrogen-bond donors (Lipinski definition) is 3. The van der Waals surface area contributed by atoms with Gasteiger partial charge in [-0.25, -0.2) is 14.0 Å². The van der Waals surface area contributed by atoms with Crippen LogP contribution in [-0.4, -0.2) is 53.1 Å². The monoisotopic (exact) mass is 283 g/mol. The van der Waals surface area contributed by atoms with Crippen LogP contribution in [0.5, 0.6) is 0 Å². The Labute approximate surface area is 110 Å². The molecule has 2 aromatic heterocycles. The number of nitrogens with one attached hydrogen (secondary N) is 1. The number of aliphatic hydroxyl groups excluding tert-OH is 2. The van der Waals surface area contributed by atoms with Crippen molar-refractivity contribution in [2.75, 3.05) is 0 Å². The van der Waals surface area contributed by atoms with E-state index in [1.54, 1.807) is 0 Å². The summed E-state index contributed by atoms with van der Waals surface area (Å²) in [7, 11) is 0. The summed E-state index contributed by atoms with van der Waals surface area (Å²) < 4.78 is 8.37. The van der Waals surface area contributed by atoms with Crippen molar-refractivity contribution in [3.05, 3.63) is 15.1 Å². The molecule has 0 aliphatic carbocycles. The van der Waals surface area contributed by atoms with Gasteiger partial charge in [0.2, 0.25) is 0 Å². The standard InChI is InChI=1S/C9H9N5O4S/c15-4-2-1-13-7-3(11-12-13)6(19)10-9(17)14(7)8(18-2)5(4)16/h2,4-5,8,15-16H,1H2,(H,10,17,19)/t2-,4-,5-,8-/m1/s1. The summed E-state index contributed by atoms with van der Waals surface area (Å²) in [6.07, 6.45) is -3.87. The third kappa shape index (κ3) is 1.28. The van der Waals surface area contributed by atoms with Gasteiger partial charge in [-0.3, -0.25) is 4.98 Å². The van der Waals surface area contributed by atoms with Gasteiger partial charge in [0.15, 0.2) is 17.4 Å². The SMILES string of the molecule is O=c1[nH]c(=S)c2nnn3c2n1[C@@H]1O[C@H](C3)[C@@H](O)[C@H]1O. The van der Waals surface area contributed by atoms with Gasteiger partial charge in [0.25, 0.3) is 0 Å². The van der Waals surface area contributed by atoms with Gasteiger partial charge in [-0.15, -0.1) is 5.10 Å². The molecule has 2 bridgehead atoms. The summed E-state index contributed by atoms with van der Waals surface area (Å²) in [5.41, 5.74) is 0.236. The molecule has 0 unspecified atom stereocenters. The largest absolute Gasteiger partial charge is 0.387 e. The predicted molar refractivity (Wildman–Crippen MR) is 62.9 cm³/mol. The molecule has 4 atom stereocenters. The molecule has 4 heterocycles. The lowest BCUT2D eigenvalue weighted by Gasteiger charge is -2.19. The zero-order valence-corrected chi connectivity index (χ0v) is 10.2. The Kier molecular flexibility index (Phi) is 2.05. The average Bonchev–Trinajstić information content (AvgIpc) is 2.82. The summed E-state index contributed by atoms with van der Waals surface area (Å²) in [5, 5.41) is 27.7. The molecule has 3 N–H and O–H groups in total. The van der Waals surface area contributed by atoms with E-state index >= 15 is 0 Å². The Hall–Kier alpha value is -1.62. The zero-order valence-electron chi connectivity index (χ0n) is 9.42. The minimum atomic E-state index is -1.18. The van der Waals surface area contributed by atoms with E-state index < -0.39 is 30.2 Å². The fourth-order valence-electron chi connectivity index (χ4n) is 2.63. The zero-order chi connectivity index (χ0) is 13.3. The highest BCUT2D eigenvalue weighted by Gasteiger charge is 2.47. The number of nitrogens with zero attached hydrogens (tertiary/aromatic N) is 4. The van der Waals surface area contributed by atoms with Gasteiger partial charge in [-0.2, -0.15) is 0 Å². The van der Waals surface area contributed by atoms with E-state index in [1.165, 1.54) is 9.25 Å². The van der Waals surface area contributed by atoms with Crippen LogP contribution in [0, 0.1) is 4.64 Å². The molecule has 100 valence electrons. The van der Waals surface area contributed by atoms with Gasteiger partial charge < -0.3 is 14.9 Å². The van der Waals surface area contributed by atoms with Crippen molar-refractivity contribution in [3.63, 3.8) is 0 Å². The third-order valence-electron chi connectivity index (χ3n) is 3.54. The Morgan fingerprint density at radius 2 is 2.21 bits per heavy atom. The lowest BCUT2D eigenvalue weighted by atomic mass is 10.1. The van der Waals surface area contributed by atoms with E-state index in [-0.39, 0.29) is 11.2 Å². The molecule has 1 saturated heterocycles. The van der Waals surface area contributed by atoms with Gasteiger partial charge in [-0.1, -0.05) is 17.4 Å². The van der Waals surface area contributed by atoms with Crippen LogP contribution in [0.1, 0.15) is 6.23 Å². The highest BCUT2D eigenvalue weighted by atomic mass is 32.1. The summed E-state index contributed by atoms with van der Waals surface area (Å²) in [5.74, 6) is 0. The van der Waals surface area contributed by atoms with Crippen LogP contribution in [0.15, 0.2) is 4.79 Å². The maximum Gasteiger partial charge on any atom is 0.330 e. The molecule has 0 aromatic carbocycles. The highest BCUT2D eigenvalue weighted by Crippen LogP contribution is 2.33. The minimum Gasteiger partial charge on any atom is -0.387 e. The van der Waals surface area contributed by atoms with Crippen molar-refractivity contribution in [1.82, 2.24) is 24.5 Å². The molecule has 4 rings (SSSR count).